The normalized spacial score (nSPS) is 20.8. The van der Waals surface area contributed by atoms with Gasteiger partial charge in [0.05, 0.1) is 6.61 Å². The number of rotatable bonds is 2. The molecule has 0 N–H and O–H groups in total. The standard InChI is InChI=1S/C13H13O.Ho/c1-5-7-12-9-14-13(8-6-2)11(4)10(12)3;/h5,7-8H,1-4,9H2;/q-1;/b12-7-,13-8+;. The van der Waals surface area contributed by atoms with Crippen LogP contribution in [0.15, 0.2) is 67.0 Å². The predicted molar refractivity (Wildman–Crippen MR) is 59.5 cm³/mol. The minimum absolute atomic E-state index is 0. The molecule has 1 heterocycles. The molecule has 0 spiro atoms. The first-order valence-electron chi connectivity index (χ1n) is 4.26. The molecule has 1 aliphatic heterocycles. The summed E-state index contributed by atoms with van der Waals surface area (Å²) in [5, 5.41) is 0. The summed E-state index contributed by atoms with van der Waals surface area (Å²) in [7, 11) is 0. The summed E-state index contributed by atoms with van der Waals surface area (Å²) in [6.07, 6.45) is 7.91. The average Bonchev–Trinajstić information content (AvgIpc) is 2.18. The summed E-state index contributed by atoms with van der Waals surface area (Å²) in [6, 6.07) is 0. The van der Waals surface area contributed by atoms with Crippen molar-refractivity contribution in [2.75, 3.05) is 6.61 Å². The van der Waals surface area contributed by atoms with E-state index in [0.29, 0.717) is 12.4 Å². The smallest absolute Gasteiger partial charge is 0.0906 e. The van der Waals surface area contributed by atoms with Crippen LogP contribution in [0.1, 0.15) is 0 Å². The van der Waals surface area contributed by atoms with Crippen LogP contribution in [0.4, 0.5) is 0 Å². The Bertz CT molecular complexity index is 323. The molecule has 1 saturated heterocycles. The fourth-order valence-corrected chi connectivity index (χ4v) is 1.18. The van der Waals surface area contributed by atoms with Crippen molar-refractivity contribution >= 4 is 0 Å². The zero-order valence-corrected chi connectivity index (χ0v) is 10.4. The molecule has 1 fully saturated rings. The molecule has 1 rings (SSSR count). The Morgan fingerprint density at radius 2 is 1.93 bits per heavy atom. The van der Waals surface area contributed by atoms with Crippen LogP contribution in [0.3, 0.4) is 0 Å². The summed E-state index contributed by atoms with van der Waals surface area (Å²) in [4.78, 5) is 0. The Kier molecular flexibility index (Phi) is 6.66. The van der Waals surface area contributed by atoms with Gasteiger partial charge in [-0.25, -0.2) is 0 Å². The second-order valence-electron chi connectivity index (χ2n) is 2.89. The van der Waals surface area contributed by atoms with Gasteiger partial charge < -0.3 is 4.74 Å². The molecule has 0 saturated carbocycles. The molecule has 0 amide bonds. The maximum Gasteiger partial charge on any atom is 0.0906 e. The second kappa shape index (κ2) is 6.89. The van der Waals surface area contributed by atoms with E-state index in [0.717, 1.165) is 16.7 Å². The number of ether oxygens (including phenoxy) is 1. The van der Waals surface area contributed by atoms with Gasteiger partial charge in [-0.1, -0.05) is 30.9 Å². The van der Waals surface area contributed by atoms with E-state index in [4.69, 9.17) is 4.74 Å². The van der Waals surface area contributed by atoms with Gasteiger partial charge in [0.15, 0.2) is 0 Å². The molecule has 0 aliphatic carbocycles. The first-order chi connectivity index (χ1) is 6.70. The first kappa shape index (κ1) is 14.5. The zero-order valence-electron chi connectivity index (χ0n) is 8.48. The summed E-state index contributed by atoms with van der Waals surface area (Å²) < 4.78 is 5.45. The third-order valence-corrected chi connectivity index (χ3v) is 1.98. The van der Waals surface area contributed by atoms with Crippen LogP contribution in [-0.2, 0) is 4.74 Å². The number of hydrogen-bond acceptors (Lipinski definition) is 1. The van der Waals surface area contributed by atoms with E-state index in [1.54, 1.807) is 12.2 Å². The molecule has 0 aromatic heterocycles. The molecule has 83 valence electrons. The van der Waals surface area contributed by atoms with Crippen molar-refractivity contribution in [3.05, 3.63) is 73.1 Å². The third-order valence-electron chi connectivity index (χ3n) is 1.98. The summed E-state index contributed by atoms with van der Waals surface area (Å²) in [5.41, 5.74) is 2.67. The van der Waals surface area contributed by atoms with Crippen molar-refractivity contribution in [1.82, 2.24) is 0 Å². The maximum atomic E-state index is 5.45. The van der Waals surface area contributed by atoms with E-state index in [2.05, 4.69) is 32.4 Å². The molecule has 15 heavy (non-hydrogen) atoms. The van der Waals surface area contributed by atoms with Gasteiger partial charge in [-0.15, -0.1) is 6.58 Å². The molecule has 0 atom stereocenters. The molecular weight excluding hydrogens is 337 g/mol. The molecule has 0 aromatic carbocycles. The van der Waals surface area contributed by atoms with Gasteiger partial charge in [-0.3, -0.25) is 6.08 Å². The van der Waals surface area contributed by atoms with Gasteiger partial charge in [0.1, 0.15) is 0 Å². The predicted octanol–water partition coefficient (Wildman–Crippen LogP) is 3.11. The van der Waals surface area contributed by atoms with E-state index < -0.39 is 0 Å². The van der Waals surface area contributed by atoms with Gasteiger partial charge in [-0.2, -0.15) is 12.7 Å². The van der Waals surface area contributed by atoms with Gasteiger partial charge in [0.25, 0.3) is 0 Å². The Labute approximate surface area is 121 Å². The van der Waals surface area contributed by atoms with Gasteiger partial charge in [0.2, 0.25) is 0 Å². The Morgan fingerprint density at radius 1 is 1.27 bits per heavy atom. The molecule has 0 bridgehead atoms. The first-order valence-corrected chi connectivity index (χ1v) is 4.26. The maximum absolute atomic E-state index is 5.45. The van der Waals surface area contributed by atoms with Crippen molar-refractivity contribution in [3.63, 3.8) is 0 Å². The van der Waals surface area contributed by atoms with Crippen molar-refractivity contribution in [2.45, 2.75) is 0 Å². The Hall–Kier alpha value is -0.500. The minimum Gasteiger partial charge on any atom is -0.574 e. The zero-order chi connectivity index (χ0) is 10.6. The Morgan fingerprint density at radius 3 is 2.47 bits per heavy atom. The quantitative estimate of drug-likeness (QED) is 0.549. The van der Waals surface area contributed by atoms with Crippen LogP contribution in [0.5, 0.6) is 0 Å². The monoisotopic (exact) mass is 350 g/mol. The molecule has 0 unspecified atom stereocenters. The van der Waals surface area contributed by atoms with Crippen LogP contribution >= 0.6 is 0 Å². The van der Waals surface area contributed by atoms with Crippen LogP contribution in [0.25, 0.3) is 0 Å². The molecule has 1 nitrogen and oxygen atoms in total. The third kappa shape index (κ3) is 3.53. The molecule has 1 aliphatic rings. The molecule has 1 radical (unpaired) electrons. The van der Waals surface area contributed by atoms with Gasteiger partial charge >= 0.3 is 0 Å². The second-order valence-corrected chi connectivity index (χ2v) is 2.89. The molecule has 0 aromatic rings. The van der Waals surface area contributed by atoms with Gasteiger partial charge in [-0.05, 0) is 16.9 Å². The van der Waals surface area contributed by atoms with E-state index >= 15 is 0 Å². The van der Waals surface area contributed by atoms with Crippen LogP contribution in [0, 0.1) is 43.8 Å². The van der Waals surface area contributed by atoms with Gasteiger partial charge in [0, 0.05) is 37.7 Å². The fourth-order valence-electron chi connectivity index (χ4n) is 1.18. The number of hydrogen-bond donors (Lipinski definition) is 0. The van der Waals surface area contributed by atoms with Crippen LogP contribution < -0.4 is 0 Å². The number of allylic oxidation sites excluding steroid dienone is 5. The van der Waals surface area contributed by atoms with Crippen molar-refractivity contribution in [3.8, 4) is 0 Å². The molecular formula is C13H13HoO-. The van der Waals surface area contributed by atoms with E-state index in [1.165, 1.54) is 0 Å². The summed E-state index contributed by atoms with van der Waals surface area (Å²) in [6.45, 7) is 15.4. The minimum atomic E-state index is 0. The fraction of sp³-hybridized carbons (Fsp3) is 0.0769. The van der Waals surface area contributed by atoms with Crippen LogP contribution in [0.2, 0.25) is 0 Å². The Balaban J connectivity index is 0.00000196. The van der Waals surface area contributed by atoms with Crippen LogP contribution in [-0.4, -0.2) is 6.61 Å². The summed E-state index contributed by atoms with van der Waals surface area (Å²) in [5.74, 6) is 0.686. The van der Waals surface area contributed by atoms with Crippen molar-refractivity contribution in [2.24, 2.45) is 0 Å². The summed E-state index contributed by atoms with van der Waals surface area (Å²) >= 11 is 0. The molecule has 2 heteroatoms. The van der Waals surface area contributed by atoms with E-state index in [1.807, 2.05) is 6.08 Å². The van der Waals surface area contributed by atoms with Crippen molar-refractivity contribution < 1.29 is 42.5 Å². The SMILES string of the molecule is C=[C-]/C=C1/OC/C(=C/C=C)C(=C)C1=C.[Ho]. The van der Waals surface area contributed by atoms with Crippen molar-refractivity contribution in [1.29, 1.82) is 0 Å². The average molecular weight is 350 g/mol. The largest absolute Gasteiger partial charge is 0.574 e. The van der Waals surface area contributed by atoms with E-state index in [-0.39, 0.29) is 37.7 Å². The van der Waals surface area contributed by atoms with E-state index in [9.17, 15) is 0 Å². The topological polar surface area (TPSA) is 9.23 Å².